The fourth-order valence-electron chi connectivity index (χ4n) is 1.48. The lowest BCUT2D eigenvalue weighted by atomic mass is 10.1. The van der Waals surface area contributed by atoms with Crippen molar-refractivity contribution in [2.24, 2.45) is 0 Å². The standard InChI is InChI=1S/C13H9FN2O3/c14-11-6-5-8(7-15-11)12(17)16-10-4-2-1-3-9(10)13(18)19/h1-7H,(H,16,17)(H,18,19). The van der Waals surface area contributed by atoms with Gasteiger partial charge in [0.15, 0.2) is 0 Å². The van der Waals surface area contributed by atoms with Crippen LogP contribution in [0.15, 0.2) is 42.6 Å². The summed E-state index contributed by atoms with van der Waals surface area (Å²) in [6, 6.07) is 8.32. The van der Waals surface area contributed by atoms with Crippen LogP contribution in [0.2, 0.25) is 0 Å². The molecule has 0 radical (unpaired) electrons. The van der Waals surface area contributed by atoms with Crippen molar-refractivity contribution in [2.75, 3.05) is 5.32 Å². The van der Waals surface area contributed by atoms with Crippen LogP contribution in [-0.2, 0) is 0 Å². The van der Waals surface area contributed by atoms with Gasteiger partial charge in [0.05, 0.1) is 16.8 Å². The van der Waals surface area contributed by atoms with Gasteiger partial charge in [-0.3, -0.25) is 4.79 Å². The zero-order chi connectivity index (χ0) is 13.8. The largest absolute Gasteiger partial charge is 0.478 e. The van der Waals surface area contributed by atoms with Gasteiger partial charge in [-0.25, -0.2) is 9.78 Å². The average molecular weight is 260 g/mol. The second-order valence-electron chi connectivity index (χ2n) is 3.67. The molecule has 0 spiro atoms. The Morgan fingerprint density at radius 3 is 2.53 bits per heavy atom. The van der Waals surface area contributed by atoms with Crippen molar-refractivity contribution in [2.45, 2.75) is 0 Å². The summed E-state index contributed by atoms with van der Waals surface area (Å²) in [7, 11) is 0. The number of halogens is 1. The molecular weight excluding hydrogens is 251 g/mol. The topological polar surface area (TPSA) is 79.3 Å². The SMILES string of the molecule is O=C(Nc1ccccc1C(=O)O)c1ccc(F)nc1. The molecule has 0 saturated carbocycles. The van der Waals surface area contributed by atoms with E-state index in [4.69, 9.17) is 5.11 Å². The van der Waals surface area contributed by atoms with Gasteiger partial charge in [0, 0.05) is 6.20 Å². The van der Waals surface area contributed by atoms with Crippen molar-refractivity contribution in [3.63, 3.8) is 0 Å². The van der Waals surface area contributed by atoms with E-state index in [9.17, 15) is 14.0 Å². The molecule has 2 aromatic rings. The minimum atomic E-state index is -1.15. The summed E-state index contributed by atoms with van der Waals surface area (Å²) < 4.78 is 12.6. The number of carboxylic acid groups (broad SMARTS) is 1. The lowest BCUT2D eigenvalue weighted by Crippen LogP contribution is -2.15. The first kappa shape index (κ1) is 12.7. The molecule has 2 rings (SSSR count). The number of hydrogen-bond acceptors (Lipinski definition) is 3. The minimum absolute atomic E-state index is 0.0223. The predicted octanol–water partition coefficient (Wildman–Crippen LogP) is 2.17. The number of aromatic carboxylic acids is 1. The second kappa shape index (κ2) is 5.26. The third-order valence-corrected chi connectivity index (χ3v) is 2.40. The number of benzene rings is 1. The fourth-order valence-corrected chi connectivity index (χ4v) is 1.48. The zero-order valence-electron chi connectivity index (χ0n) is 9.63. The van der Waals surface area contributed by atoms with Gasteiger partial charge in [0.2, 0.25) is 5.95 Å². The molecule has 6 heteroatoms. The number of nitrogens with one attached hydrogen (secondary N) is 1. The zero-order valence-corrected chi connectivity index (χ0v) is 9.63. The number of hydrogen-bond donors (Lipinski definition) is 2. The fraction of sp³-hybridized carbons (Fsp3) is 0. The first-order valence-corrected chi connectivity index (χ1v) is 5.33. The molecule has 0 aliphatic rings. The van der Waals surface area contributed by atoms with Crippen LogP contribution in [-0.4, -0.2) is 22.0 Å². The van der Waals surface area contributed by atoms with Gasteiger partial charge in [0.1, 0.15) is 0 Å². The summed E-state index contributed by atoms with van der Waals surface area (Å²) in [6.07, 6.45) is 1.08. The Morgan fingerprint density at radius 2 is 1.89 bits per heavy atom. The number of carboxylic acids is 1. The van der Waals surface area contributed by atoms with Crippen LogP contribution >= 0.6 is 0 Å². The summed E-state index contributed by atoms with van der Waals surface area (Å²) >= 11 is 0. The Hall–Kier alpha value is -2.76. The van der Waals surface area contributed by atoms with E-state index in [1.165, 1.54) is 18.2 Å². The van der Waals surface area contributed by atoms with Gasteiger partial charge in [-0.1, -0.05) is 12.1 Å². The molecule has 1 heterocycles. The van der Waals surface area contributed by atoms with Crippen LogP contribution in [0, 0.1) is 5.95 Å². The third kappa shape index (κ3) is 2.92. The van der Waals surface area contributed by atoms with Crippen LogP contribution in [0.1, 0.15) is 20.7 Å². The van der Waals surface area contributed by atoms with Gasteiger partial charge in [0.25, 0.3) is 5.91 Å². The molecule has 1 amide bonds. The number of aromatic nitrogens is 1. The smallest absolute Gasteiger partial charge is 0.337 e. The highest BCUT2D eigenvalue weighted by molar-refractivity contribution is 6.07. The van der Waals surface area contributed by atoms with Crippen LogP contribution in [0.5, 0.6) is 0 Å². The van der Waals surface area contributed by atoms with E-state index in [2.05, 4.69) is 10.3 Å². The molecule has 1 aromatic carbocycles. The molecule has 0 unspecified atom stereocenters. The maximum atomic E-state index is 12.6. The monoisotopic (exact) mass is 260 g/mol. The van der Waals surface area contributed by atoms with Crippen molar-refractivity contribution in [3.8, 4) is 0 Å². The molecule has 19 heavy (non-hydrogen) atoms. The first-order valence-electron chi connectivity index (χ1n) is 5.33. The molecular formula is C13H9FN2O3. The van der Waals surface area contributed by atoms with Crippen molar-refractivity contribution in [3.05, 3.63) is 59.7 Å². The average Bonchev–Trinajstić information content (AvgIpc) is 2.39. The van der Waals surface area contributed by atoms with Crippen molar-refractivity contribution in [1.82, 2.24) is 4.98 Å². The van der Waals surface area contributed by atoms with Crippen LogP contribution < -0.4 is 5.32 Å². The van der Waals surface area contributed by atoms with Gasteiger partial charge >= 0.3 is 5.97 Å². The number of carbonyl (C=O) groups is 2. The van der Waals surface area contributed by atoms with E-state index < -0.39 is 17.8 Å². The lowest BCUT2D eigenvalue weighted by Gasteiger charge is -2.07. The number of amides is 1. The molecule has 0 bridgehead atoms. The lowest BCUT2D eigenvalue weighted by molar-refractivity contribution is 0.0698. The van der Waals surface area contributed by atoms with E-state index in [0.717, 1.165) is 12.3 Å². The molecule has 1 aromatic heterocycles. The molecule has 2 N–H and O–H groups in total. The highest BCUT2D eigenvalue weighted by atomic mass is 19.1. The number of pyridine rings is 1. The Kier molecular flexibility index (Phi) is 3.51. The maximum absolute atomic E-state index is 12.6. The number of nitrogens with zero attached hydrogens (tertiary/aromatic N) is 1. The molecule has 0 aliphatic heterocycles. The van der Waals surface area contributed by atoms with Crippen molar-refractivity contribution < 1.29 is 19.1 Å². The normalized spacial score (nSPS) is 9.95. The highest BCUT2D eigenvalue weighted by Gasteiger charge is 2.13. The van der Waals surface area contributed by atoms with Crippen molar-refractivity contribution in [1.29, 1.82) is 0 Å². The van der Waals surface area contributed by atoms with Crippen LogP contribution in [0.4, 0.5) is 10.1 Å². The molecule has 5 nitrogen and oxygen atoms in total. The Morgan fingerprint density at radius 1 is 1.16 bits per heavy atom. The molecule has 0 saturated heterocycles. The number of para-hydroxylation sites is 1. The van der Waals surface area contributed by atoms with Gasteiger partial charge in [-0.15, -0.1) is 0 Å². The second-order valence-corrected chi connectivity index (χ2v) is 3.67. The molecule has 0 atom stereocenters. The summed E-state index contributed by atoms with van der Waals surface area (Å²) in [6.45, 7) is 0. The van der Waals surface area contributed by atoms with E-state index in [0.29, 0.717) is 0 Å². The quantitative estimate of drug-likeness (QED) is 0.829. The van der Waals surface area contributed by atoms with Crippen LogP contribution in [0.25, 0.3) is 0 Å². The van der Waals surface area contributed by atoms with E-state index in [-0.39, 0.29) is 16.8 Å². The molecule has 0 aliphatic carbocycles. The molecule has 96 valence electrons. The summed E-state index contributed by atoms with van der Waals surface area (Å²) in [4.78, 5) is 26.2. The first-order chi connectivity index (χ1) is 9.08. The Balaban J connectivity index is 2.24. The van der Waals surface area contributed by atoms with E-state index >= 15 is 0 Å². The Labute approximate surface area is 107 Å². The highest BCUT2D eigenvalue weighted by Crippen LogP contribution is 2.16. The van der Waals surface area contributed by atoms with Gasteiger partial charge in [-0.05, 0) is 24.3 Å². The number of anilines is 1. The van der Waals surface area contributed by atoms with Gasteiger partial charge in [-0.2, -0.15) is 4.39 Å². The summed E-state index contributed by atoms with van der Waals surface area (Å²) in [5.74, 6) is -2.39. The third-order valence-electron chi connectivity index (χ3n) is 2.40. The molecule has 0 fully saturated rings. The predicted molar refractivity (Wildman–Crippen MR) is 65.5 cm³/mol. The minimum Gasteiger partial charge on any atom is -0.478 e. The summed E-state index contributed by atoms with van der Waals surface area (Å²) in [5.41, 5.74) is 0.289. The van der Waals surface area contributed by atoms with Crippen LogP contribution in [0.3, 0.4) is 0 Å². The number of rotatable bonds is 3. The van der Waals surface area contributed by atoms with Crippen molar-refractivity contribution >= 4 is 17.6 Å². The van der Waals surface area contributed by atoms with Gasteiger partial charge < -0.3 is 10.4 Å². The maximum Gasteiger partial charge on any atom is 0.337 e. The number of carbonyl (C=O) groups excluding carboxylic acids is 1. The summed E-state index contributed by atoms with van der Waals surface area (Å²) in [5, 5.41) is 11.4. The Bertz CT molecular complexity index is 626. The van der Waals surface area contributed by atoms with E-state index in [1.54, 1.807) is 12.1 Å². The van der Waals surface area contributed by atoms with E-state index in [1.807, 2.05) is 0 Å².